The van der Waals surface area contributed by atoms with Gasteiger partial charge in [-0.1, -0.05) is 30.3 Å². The van der Waals surface area contributed by atoms with Crippen LogP contribution in [-0.4, -0.2) is 29.8 Å². The monoisotopic (exact) mass is 274 g/mol. The molecule has 2 amide bonds. The van der Waals surface area contributed by atoms with Crippen molar-refractivity contribution >= 4 is 11.8 Å². The SMILES string of the molecule is CCN1C[C@@H](C(=O)NC(C)(C)c2ccccc2)CC1=O. The van der Waals surface area contributed by atoms with Gasteiger partial charge in [-0.05, 0) is 26.3 Å². The van der Waals surface area contributed by atoms with Gasteiger partial charge in [0.2, 0.25) is 11.8 Å². The third-order valence-electron chi connectivity index (χ3n) is 3.90. The summed E-state index contributed by atoms with van der Waals surface area (Å²) in [5.74, 6) is -0.196. The molecule has 1 saturated heterocycles. The number of nitrogens with one attached hydrogen (secondary N) is 1. The summed E-state index contributed by atoms with van der Waals surface area (Å²) in [6.45, 7) is 7.10. The first-order valence-corrected chi connectivity index (χ1v) is 7.09. The highest BCUT2D eigenvalue weighted by Crippen LogP contribution is 2.23. The van der Waals surface area contributed by atoms with Crippen molar-refractivity contribution < 1.29 is 9.59 Å². The molecule has 108 valence electrons. The third kappa shape index (κ3) is 3.00. The molecule has 20 heavy (non-hydrogen) atoms. The maximum Gasteiger partial charge on any atom is 0.226 e. The Balaban J connectivity index is 2.03. The molecule has 1 aliphatic heterocycles. The molecule has 1 fully saturated rings. The molecule has 0 saturated carbocycles. The van der Waals surface area contributed by atoms with E-state index in [1.165, 1.54) is 0 Å². The Labute approximate surface area is 120 Å². The lowest BCUT2D eigenvalue weighted by molar-refractivity contribution is -0.129. The molecule has 0 spiro atoms. The van der Waals surface area contributed by atoms with E-state index in [-0.39, 0.29) is 17.7 Å². The zero-order valence-electron chi connectivity index (χ0n) is 12.3. The molecule has 0 bridgehead atoms. The number of hydrogen-bond acceptors (Lipinski definition) is 2. The van der Waals surface area contributed by atoms with Gasteiger partial charge in [-0.3, -0.25) is 9.59 Å². The molecule has 4 heteroatoms. The summed E-state index contributed by atoms with van der Waals surface area (Å²) < 4.78 is 0. The summed E-state index contributed by atoms with van der Waals surface area (Å²) in [4.78, 5) is 25.8. The van der Waals surface area contributed by atoms with Crippen molar-refractivity contribution in [3.05, 3.63) is 35.9 Å². The number of benzene rings is 1. The van der Waals surface area contributed by atoms with Crippen LogP contribution in [0.1, 0.15) is 32.8 Å². The Morgan fingerprint density at radius 1 is 1.35 bits per heavy atom. The first-order chi connectivity index (χ1) is 9.44. The molecular formula is C16H22N2O2. The molecule has 1 aromatic carbocycles. The minimum Gasteiger partial charge on any atom is -0.347 e. The summed E-state index contributed by atoms with van der Waals surface area (Å²) in [6.07, 6.45) is 0.324. The van der Waals surface area contributed by atoms with Crippen LogP contribution in [0.25, 0.3) is 0 Å². The van der Waals surface area contributed by atoms with Gasteiger partial charge in [0.05, 0.1) is 11.5 Å². The first kappa shape index (κ1) is 14.6. The molecule has 1 atom stereocenters. The summed E-state index contributed by atoms with van der Waals surface area (Å²) in [5, 5.41) is 3.06. The van der Waals surface area contributed by atoms with Crippen molar-refractivity contribution in [2.24, 2.45) is 5.92 Å². The molecule has 0 aliphatic carbocycles. The molecule has 1 heterocycles. The van der Waals surface area contributed by atoms with E-state index in [0.29, 0.717) is 19.5 Å². The number of carbonyl (C=O) groups is 2. The topological polar surface area (TPSA) is 49.4 Å². The molecule has 4 nitrogen and oxygen atoms in total. The van der Waals surface area contributed by atoms with Gasteiger partial charge in [0, 0.05) is 19.5 Å². The number of hydrogen-bond donors (Lipinski definition) is 1. The standard InChI is InChI=1S/C16H22N2O2/c1-4-18-11-12(10-14(18)19)15(20)17-16(2,3)13-8-6-5-7-9-13/h5-9,12H,4,10-11H2,1-3H3,(H,17,20)/t12-/m0/s1. The Kier molecular flexibility index (Phi) is 4.12. The van der Waals surface area contributed by atoms with E-state index in [9.17, 15) is 9.59 Å². The summed E-state index contributed by atoms with van der Waals surface area (Å²) in [6, 6.07) is 9.87. The zero-order chi connectivity index (χ0) is 14.8. The maximum absolute atomic E-state index is 12.4. The Bertz CT molecular complexity index is 496. The fourth-order valence-corrected chi connectivity index (χ4v) is 2.59. The van der Waals surface area contributed by atoms with Gasteiger partial charge in [-0.15, -0.1) is 0 Å². The van der Waals surface area contributed by atoms with Crippen LogP contribution >= 0.6 is 0 Å². The Morgan fingerprint density at radius 3 is 2.55 bits per heavy atom. The second kappa shape index (κ2) is 5.65. The first-order valence-electron chi connectivity index (χ1n) is 7.09. The third-order valence-corrected chi connectivity index (χ3v) is 3.90. The van der Waals surface area contributed by atoms with Crippen molar-refractivity contribution in [1.29, 1.82) is 0 Å². The van der Waals surface area contributed by atoms with Gasteiger partial charge in [-0.25, -0.2) is 0 Å². The van der Waals surface area contributed by atoms with Crippen molar-refractivity contribution in [1.82, 2.24) is 10.2 Å². The summed E-state index contributed by atoms with van der Waals surface area (Å²) in [7, 11) is 0. The molecule has 1 N–H and O–H groups in total. The van der Waals surface area contributed by atoms with Gasteiger partial charge in [0.1, 0.15) is 0 Å². The van der Waals surface area contributed by atoms with Crippen molar-refractivity contribution in [2.45, 2.75) is 32.7 Å². The highest BCUT2D eigenvalue weighted by molar-refractivity contribution is 5.89. The van der Waals surface area contributed by atoms with Gasteiger partial charge < -0.3 is 10.2 Å². The molecule has 1 aromatic rings. The van der Waals surface area contributed by atoms with E-state index in [0.717, 1.165) is 5.56 Å². The summed E-state index contributed by atoms with van der Waals surface area (Å²) in [5.41, 5.74) is 0.631. The molecule has 0 unspecified atom stereocenters. The number of likely N-dealkylation sites (tertiary alicyclic amines) is 1. The number of rotatable bonds is 4. The minimum absolute atomic E-state index is 0.0387. The van der Waals surface area contributed by atoms with E-state index in [1.54, 1.807) is 4.90 Å². The number of carbonyl (C=O) groups excluding carboxylic acids is 2. The van der Waals surface area contributed by atoms with Crippen molar-refractivity contribution in [2.75, 3.05) is 13.1 Å². The Hall–Kier alpha value is -1.84. The van der Waals surface area contributed by atoms with Crippen LogP contribution in [0, 0.1) is 5.92 Å². The fraction of sp³-hybridized carbons (Fsp3) is 0.500. The predicted molar refractivity (Wildman–Crippen MR) is 78.0 cm³/mol. The smallest absolute Gasteiger partial charge is 0.226 e. The van der Waals surface area contributed by atoms with Crippen LogP contribution in [0.2, 0.25) is 0 Å². The lowest BCUT2D eigenvalue weighted by Gasteiger charge is -2.28. The van der Waals surface area contributed by atoms with E-state index < -0.39 is 5.54 Å². The predicted octanol–water partition coefficient (Wildman–Crippen LogP) is 1.91. The van der Waals surface area contributed by atoms with E-state index in [2.05, 4.69) is 5.32 Å². The highest BCUT2D eigenvalue weighted by Gasteiger charge is 2.35. The normalized spacial score (nSPS) is 19.2. The van der Waals surface area contributed by atoms with Crippen LogP contribution in [0.15, 0.2) is 30.3 Å². The lowest BCUT2D eigenvalue weighted by Crippen LogP contribution is -2.44. The van der Waals surface area contributed by atoms with Crippen LogP contribution in [0.3, 0.4) is 0 Å². The Morgan fingerprint density at radius 2 is 2.00 bits per heavy atom. The largest absolute Gasteiger partial charge is 0.347 e. The summed E-state index contributed by atoms with van der Waals surface area (Å²) >= 11 is 0. The molecule has 0 aromatic heterocycles. The molecular weight excluding hydrogens is 252 g/mol. The van der Waals surface area contributed by atoms with Crippen LogP contribution in [0.4, 0.5) is 0 Å². The number of nitrogens with zero attached hydrogens (tertiary/aromatic N) is 1. The van der Waals surface area contributed by atoms with Gasteiger partial charge in [0.15, 0.2) is 0 Å². The van der Waals surface area contributed by atoms with Crippen LogP contribution in [-0.2, 0) is 15.1 Å². The average Bonchev–Trinajstić information content (AvgIpc) is 2.81. The maximum atomic E-state index is 12.4. The second-order valence-corrected chi connectivity index (χ2v) is 5.81. The van der Waals surface area contributed by atoms with E-state index in [4.69, 9.17) is 0 Å². The second-order valence-electron chi connectivity index (χ2n) is 5.81. The van der Waals surface area contributed by atoms with E-state index >= 15 is 0 Å². The minimum atomic E-state index is -0.430. The van der Waals surface area contributed by atoms with E-state index in [1.807, 2.05) is 51.1 Å². The molecule has 2 rings (SSSR count). The molecule has 1 aliphatic rings. The highest BCUT2D eigenvalue weighted by atomic mass is 16.2. The number of amides is 2. The van der Waals surface area contributed by atoms with Gasteiger partial charge >= 0.3 is 0 Å². The average molecular weight is 274 g/mol. The van der Waals surface area contributed by atoms with Crippen LogP contribution < -0.4 is 5.32 Å². The quantitative estimate of drug-likeness (QED) is 0.911. The van der Waals surface area contributed by atoms with Gasteiger partial charge in [-0.2, -0.15) is 0 Å². The molecule has 0 radical (unpaired) electrons. The van der Waals surface area contributed by atoms with Gasteiger partial charge in [0.25, 0.3) is 0 Å². The fourth-order valence-electron chi connectivity index (χ4n) is 2.59. The van der Waals surface area contributed by atoms with Crippen molar-refractivity contribution in [3.8, 4) is 0 Å². The van der Waals surface area contributed by atoms with Crippen LogP contribution in [0.5, 0.6) is 0 Å². The zero-order valence-corrected chi connectivity index (χ0v) is 12.3. The lowest BCUT2D eigenvalue weighted by atomic mass is 9.93. The van der Waals surface area contributed by atoms with Crippen molar-refractivity contribution in [3.63, 3.8) is 0 Å².